The van der Waals surface area contributed by atoms with E-state index in [1.165, 1.54) is 39.5 Å². The molecule has 1 atom stereocenters. The van der Waals surface area contributed by atoms with Crippen LogP contribution in [0.3, 0.4) is 0 Å². The number of ether oxygens (including phenoxy) is 3. The van der Waals surface area contributed by atoms with Gasteiger partial charge in [-0.1, -0.05) is 17.7 Å². The smallest absolute Gasteiger partial charge is 0.244 e. The van der Waals surface area contributed by atoms with Crippen LogP contribution in [0.4, 0.5) is 0 Å². The summed E-state index contributed by atoms with van der Waals surface area (Å²) >= 11 is 5.88. The summed E-state index contributed by atoms with van der Waals surface area (Å²) in [6, 6.07) is 9.11. The van der Waals surface area contributed by atoms with Gasteiger partial charge in [-0.3, -0.25) is 0 Å². The molecule has 0 radical (unpaired) electrons. The molecule has 0 aromatic heterocycles. The Morgan fingerprint density at radius 1 is 1.00 bits per heavy atom. The van der Waals surface area contributed by atoms with Crippen LogP contribution in [0.5, 0.6) is 17.2 Å². The molecule has 0 aliphatic carbocycles. The second-order valence-electron chi connectivity index (χ2n) is 5.28. The molecule has 2 aromatic rings. The zero-order valence-electron chi connectivity index (χ0n) is 14.5. The maximum Gasteiger partial charge on any atom is 0.244 e. The zero-order valence-corrected chi connectivity index (χ0v) is 16.1. The van der Waals surface area contributed by atoms with E-state index in [9.17, 15) is 13.5 Å². The molecule has 142 valence electrons. The molecule has 0 saturated carbocycles. The van der Waals surface area contributed by atoms with Gasteiger partial charge in [0.15, 0.2) is 11.5 Å². The largest absolute Gasteiger partial charge is 0.495 e. The third-order valence-electron chi connectivity index (χ3n) is 3.67. The number of sulfonamides is 1. The maximum absolute atomic E-state index is 12.5. The molecule has 0 aliphatic heterocycles. The van der Waals surface area contributed by atoms with Crippen molar-refractivity contribution in [1.82, 2.24) is 4.72 Å². The number of rotatable bonds is 8. The van der Waals surface area contributed by atoms with Gasteiger partial charge in [-0.25, -0.2) is 13.1 Å². The Balaban J connectivity index is 2.18. The number of methoxy groups -OCH3 is 3. The predicted octanol–water partition coefficient (Wildman–Crippen LogP) is 2.38. The third kappa shape index (κ3) is 4.59. The minimum Gasteiger partial charge on any atom is -0.495 e. The highest BCUT2D eigenvalue weighted by atomic mass is 35.5. The second kappa shape index (κ2) is 8.59. The van der Waals surface area contributed by atoms with Crippen molar-refractivity contribution in [3.8, 4) is 17.2 Å². The van der Waals surface area contributed by atoms with Crippen molar-refractivity contribution >= 4 is 21.6 Å². The van der Waals surface area contributed by atoms with Gasteiger partial charge in [0.2, 0.25) is 10.0 Å². The fourth-order valence-electron chi connectivity index (χ4n) is 2.30. The van der Waals surface area contributed by atoms with Gasteiger partial charge in [0, 0.05) is 11.6 Å². The van der Waals surface area contributed by atoms with E-state index in [0.717, 1.165) is 0 Å². The normalized spacial score (nSPS) is 12.5. The van der Waals surface area contributed by atoms with E-state index in [1.54, 1.807) is 18.2 Å². The van der Waals surface area contributed by atoms with Crippen molar-refractivity contribution in [3.63, 3.8) is 0 Å². The van der Waals surface area contributed by atoms with Gasteiger partial charge in [0.05, 0.1) is 27.4 Å². The highest BCUT2D eigenvalue weighted by molar-refractivity contribution is 7.89. The highest BCUT2D eigenvalue weighted by Gasteiger charge is 2.22. The van der Waals surface area contributed by atoms with Crippen molar-refractivity contribution in [3.05, 3.63) is 47.0 Å². The summed E-state index contributed by atoms with van der Waals surface area (Å²) in [4.78, 5) is -0.105. The average molecular weight is 402 g/mol. The summed E-state index contributed by atoms with van der Waals surface area (Å²) in [7, 11) is 0.404. The third-order valence-corrected chi connectivity index (χ3v) is 5.35. The lowest BCUT2D eigenvalue weighted by Crippen LogP contribution is -2.29. The topological polar surface area (TPSA) is 94.1 Å². The van der Waals surface area contributed by atoms with Crippen LogP contribution in [0.15, 0.2) is 41.3 Å². The number of halogens is 1. The van der Waals surface area contributed by atoms with Gasteiger partial charge in [-0.05, 0) is 35.9 Å². The summed E-state index contributed by atoms with van der Waals surface area (Å²) < 4.78 is 42.8. The molecular formula is C17H20ClNO6S. The van der Waals surface area contributed by atoms with Crippen LogP contribution in [0.25, 0.3) is 0 Å². The molecule has 2 rings (SSSR count). The van der Waals surface area contributed by atoms with Gasteiger partial charge in [-0.2, -0.15) is 0 Å². The average Bonchev–Trinajstić information content (AvgIpc) is 2.65. The van der Waals surface area contributed by atoms with Crippen LogP contribution in [0.1, 0.15) is 11.7 Å². The molecule has 9 heteroatoms. The van der Waals surface area contributed by atoms with Crippen LogP contribution in [0, 0.1) is 0 Å². The molecule has 0 bridgehead atoms. The molecule has 0 fully saturated rings. The lowest BCUT2D eigenvalue weighted by Gasteiger charge is -2.16. The van der Waals surface area contributed by atoms with Crippen LogP contribution < -0.4 is 18.9 Å². The Morgan fingerprint density at radius 3 is 2.23 bits per heavy atom. The van der Waals surface area contributed by atoms with Crippen LogP contribution in [-0.4, -0.2) is 41.4 Å². The van der Waals surface area contributed by atoms with Crippen molar-refractivity contribution < 1.29 is 27.7 Å². The molecule has 0 spiro atoms. The Bertz CT molecular complexity index is 872. The summed E-state index contributed by atoms with van der Waals surface area (Å²) in [5, 5.41) is 10.6. The molecule has 0 saturated heterocycles. The number of hydrogen-bond acceptors (Lipinski definition) is 6. The maximum atomic E-state index is 12.5. The first kappa shape index (κ1) is 20.3. The van der Waals surface area contributed by atoms with Crippen LogP contribution in [0.2, 0.25) is 5.02 Å². The minimum absolute atomic E-state index is 0.105. The summed E-state index contributed by atoms with van der Waals surface area (Å²) in [5.41, 5.74) is 0.475. The summed E-state index contributed by atoms with van der Waals surface area (Å²) in [6.45, 7) is -0.243. The fourth-order valence-corrected chi connectivity index (χ4v) is 3.77. The molecule has 2 N–H and O–H groups in total. The molecule has 0 amide bonds. The first-order valence-corrected chi connectivity index (χ1v) is 9.41. The van der Waals surface area contributed by atoms with E-state index in [0.29, 0.717) is 17.1 Å². The van der Waals surface area contributed by atoms with Crippen LogP contribution >= 0.6 is 11.6 Å². The SMILES string of the molecule is COc1ccc([C@@H](O)CNS(=O)(=O)c2cc(Cl)ccc2OC)cc1OC. The number of benzene rings is 2. The summed E-state index contributed by atoms with van der Waals surface area (Å²) in [5.74, 6) is 1.10. The molecule has 7 nitrogen and oxygen atoms in total. The first-order valence-electron chi connectivity index (χ1n) is 7.55. The quantitative estimate of drug-likeness (QED) is 0.705. The molecule has 26 heavy (non-hydrogen) atoms. The molecular weight excluding hydrogens is 382 g/mol. The van der Waals surface area contributed by atoms with E-state index in [1.807, 2.05) is 0 Å². The number of aliphatic hydroxyl groups is 1. The minimum atomic E-state index is -3.93. The first-order chi connectivity index (χ1) is 12.3. The van der Waals surface area contributed by atoms with E-state index in [2.05, 4.69) is 4.72 Å². The fraction of sp³-hybridized carbons (Fsp3) is 0.294. The van der Waals surface area contributed by atoms with Crippen molar-refractivity contribution in [1.29, 1.82) is 0 Å². The van der Waals surface area contributed by atoms with E-state index in [4.69, 9.17) is 25.8 Å². The molecule has 2 aromatic carbocycles. The molecule has 0 heterocycles. The zero-order chi connectivity index (χ0) is 19.3. The lowest BCUT2D eigenvalue weighted by molar-refractivity contribution is 0.181. The molecule has 0 aliphatic rings. The van der Waals surface area contributed by atoms with Crippen LogP contribution in [-0.2, 0) is 10.0 Å². The van der Waals surface area contributed by atoms with E-state index < -0.39 is 16.1 Å². The monoisotopic (exact) mass is 401 g/mol. The van der Waals surface area contributed by atoms with Crippen molar-refractivity contribution in [2.75, 3.05) is 27.9 Å². The Labute approximate surface area is 157 Å². The van der Waals surface area contributed by atoms with Gasteiger partial charge in [0.1, 0.15) is 10.6 Å². The highest BCUT2D eigenvalue weighted by Crippen LogP contribution is 2.30. The number of aliphatic hydroxyl groups excluding tert-OH is 1. The molecule has 0 unspecified atom stereocenters. The van der Waals surface area contributed by atoms with Gasteiger partial charge in [-0.15, -0.1) is 0 Å². The van der Waals surface area contributed by atoms with Crippen molar-refractivity contribution in [2.24, 2.45) is 0 Å². The summed E-state index contributed by atoms with van der Waals surface area (Å²) in [6.07, 6.45) is -1.09. The lowest BCUT2D eigenvalue weighted by atomic mass is 10.1. The van der Waals surface area contributed by atoms with E-state index in [-0.39, 0.29) is 22.2 Å². The van der Waals surface area contributed by atoms with Crippen molar-refractivity contribution in [2.45, 2.75) is 11.0 Å². The predicted molar refractivity (Wildman–Crippen MR) is 97.7 cm³/mol. The Morgan fingerprint density at radius 2 is 1.62 bits per heavy atom. The van der Waals surface area contributed by atoms with Gasteiger partial charge < -0.3 is 19.3 Å². The number of hydrogen-bond donors (Lipinski definition) is 2. The standard InChI is InChI=1S/C17H20ClNO6S/c1-23-14-6-4-11(8-16(14)25-3)13(20)10-19-26(21,22)17-9-12(18)5-7-15(17)24-2/h4-9,13,19-20H,10H2,1-3H3/t13-/m0/s1. The van der Waals surface area contributed by atoms with E-state index >= 15 is 0 Å². The number of nitrogens with one attached hydrogen (secondary N) is 1. The Kier molecular flexibility index (Phi) is 6.71. The Hall–Kier alpha value is -2.00. The van der Waals surface area contributed by atoms with Gasteiger partial charge >= 0.3 is 0 Å². The second-order valence-corrected chi connectivity index (χ2v) is 7.45. The van der Waals surface area contributed by atoms with Gasteiger partial charge in [0.25, 0.3) is 0 Å².